The quantitative estimate of drug-likeness (QED) is 0.291. The second-order valence-electron chi connectivity index (χ2n) is 3.30. The van der Waals surface area contributed by atoms with Gasteiger partial charge in [0.2, 0.25) is 5.88 Å². The molecule has 20 heavy (non-hydrogen) atoms. The van der Waals surface area contributed by atoms with Crippen LogP contribution in [0, 0.1) is 0 Å². The molecule has 114 valence electrons. The highest BCUT2D eigenvalue weighted by molar-refractivity contribution is 7.98. The molecule has 0 aromatic carbocycles. The first-order chi connectivity index (χ1) is 9.07. The normalized spacial score (nSPS) is 12.7. The van der Waals surface area contributed by atoms with Gasteiger partial charge >= 0.3 is 12.4 Å². The number of halogens is 6. The molecule has 0 radical (unpaired) electrons. The number of hydrogen-bond donors (Lipinski definition) is 2. The Labute approximate surface area is 112 Å². The summed E-state index contributed by atoms with van der Waals surface area (Å²) in [5.74, 6) is 3.93. The average molecular weight is 322 g/mol. The Morgan fingerprint density at radius 1 is 1.20 bits per heavy atom. The zero-order chi connectivity index (χ0) is 15.6. The molecule has 1 heterocycles. The third-order valence-electron chi connectivity index (χ3n) is 1.85. The van der Waals surface area contributed by atoms with Crippen LogP contribution in [-0.4, -0.2) is 34.7 Å². The summed E-state index contributed by atoms with van der Waals surface area (Å²) < 4.78 is 77.9. The molecule has 12 heteroatoms. The van der Waals surface area contributed by atoms with Crippen molar-refractivity contribution < 1.29 is 31.1 Å². The van der Waals surface area contributed by atoms with E-state index in [9.17, 15) is 26.3 Å². The van der Waals surface area contributed by atoms with Crippen LogP contribution in [-0.2, 0) is 0 Å². The lowest BCUT2D eigenvalue weighted by molar-refractivity contribution is -0.300. The van der Waals surface area contributed by atoms with Crippen LogP contribution < -0.4 is 16.0 Å². The average Bonchev–Trinajstić information content (AvgIpc) is 2.32. The summed E-state index contributed by atoms with van der Waals surface area (Å²) in [6.07, 6.45) is -13.8. The van der Waals surface area contributed by atoms with Gasteiger partial charge in [-0.2, -0.15) is 31.3 Å². The third-order valence-corrected chi connectivity index (χ3v) is 2.39. The first-order valence-electron chi connectivity index (χ1n) is 4.77. The van der Waals surface area contributed by atoms with Crippen LogP contribution in [0.1, 0.15) is 0 Å². The van der Waals surface area contributed by atoms with Gasteiger partial charge in [0, 0.05) is 6.07 Å². The minimum atomic E-state index is -5.63. The highest BCUT2D eigenvalue weighted by Gasteiger charge is 2.59. The summed E-state index contributed by atoms with van der Waals surface area (Å²) >= 11 is 0.894. The van der Waals surface area contributed by atoms with Crippen LogP contribution >= 0.6 is 11.8 Å². The molecule has 0 amide bonds. The zero-order valence-corrected chi connectivity index (χ0v) is 10.5. The van der Waals surface area contributed by atoms with Crippen molar-refractivity contribution in [2.24, 2.45) is 5.84 Å². The number of nitrogen functional groups attached to an aromatic ring is 1. The van der Waals surface area contributed by atoms with Crippen LogP contribution in [0.3, 0.4) is 0 Å². The Morgan fingerprint density at radius 3 is 2.15 bits per heavy atom. The molecule has 3 N–H and O–H groups in total. The maximum Gasteiger partial charge on any atom is 0.434 e. The van der Waals surface area contributed by atoms with Gasteiger partial charge in [0.05, 0.1) is 0 Å². The molecule has 1 aromatic rings. The van der Waals surface area contributed by atoms with E-state index in [-0.39, 0.29) is 11.0 Å². The number of thioether (sulfide) groups is 1. The molecule has 5 nitrogen and oxygen atoms in total. The van der Waals surface area contributed by atoms with Crippen molar-refractivity contribution in [3.05, 3.63) is 6.07 Å². The molecular formula is C8H8F6N4OS. The monoisotopic (exact) mass is 322 g/mol. The minimum Gasteiger partial charge on any atom is -0.455 e. The summed E-state index contributed by atoms with van der Waals surface area (Å²) in [4.78, 5) is 7.08. The zero-order valence-electron chi connectivity index (χ0n) is 9.71. The van der Waals surface area contributed by atoms with Gasteiger partial charge in [-0.25, -0.2) is 10.8 Å². The number of nitrogens with zero attached hydrogens (tertiary/aromatic N) is 2. The second-order valence-corrected chi connectivity index (χ2v) is 4.08. The van der Waals surface area contributed by atoms with E-state index in [1.54, 1.807) is 0 Å². The second kappa shape index (κ2) is 5.91. The lowest BCUT2D eigenvalue weighted by atomic mass is 10.3. The van der Waals surface area contributed by atoms with Gasteiger partial charge in [0.25, 0.3) is 6.10 Å². The largest absolute Gasteiger partial charge is 0.455 e. The van der Waals surface area contributed by atoms with E-state index in [2.05, 4.69) is 14.7 Å². The lowest BCUT2D eigenvalue weighted by Crippen LogP contribution is -2.46. The van der Waals surface area contributed by atoms with Crippen molar-refractivity contribution in [2.45, 2.75) is 23.6 Å². The molecule has 0 bridgehead atoms. The summed E-state index contributed by atoms with van der Waals surface area (Å²) in [5, 5.41) is -0.0986. The maximum absolute atomic E-state index is 12.3. The number of nitrogens with two attached hydrogens (primary N) is 1. The number of ether oxygens (including phenoxy) is 1. The predicted molar refractivity (Wildman–Crippen MR) is 58.1 cm³/mol. The van der Waals surface area contributed by atoms with Gasteiger partial charge in [0.1, 0.15) is 5.82 Å². The molecule has 0 unspecified atom stereocenters. The number of nitrogens with one attached hydrogen (secondary N) is 1. The number of hydrazine groups is 1. The summed E-state index contributed by atoms with van der Waals surface area (Å²) in [6, 6.07) is 0.726. The van der Waals surface area contributed by atoms with Crippen LogP contribution in [0.5, 0.6) is 5.88 Å². The number of aromatic nitrogens is 2. The van der Waals surface area contributed by atoms with Crippen LogP contribution in [0.25, 0.3) is 0 Å². The number of alkyl halides is 6. The third kappa shape index (κ3) is 4.30. The van der Waals surface area contributed by atoms with Crippen molar-refractivity contribution in [3.63, 3.8) is 0 Å². The van der Waals surface area contributed by atoms with E-state index in [0.717, 1.165) is 17.8 Å². The fourth-order valence-electron chi connectivity index (χ4n) is 1.07. The van der Waals surface area contributed by atoms with Crippen LogP contribution in [0.2, 0.25) is 0 Å². The summed E-state index contributed by atoms with van der Waals surface area (Å²) in [7, 11) is 0. The maximum atomic E-state index is 12.3. The molecule has 0 aliphatic rings. The topological polar surface area (TPSA) is 73.1 Å². The molecule has 0 saturated carbocycles. The van der Waals surface area contributed by atoms with Gasteiger partial charge in [0.15, 0.2) is 5.16 Å². The van der Waals surface area contributed by atoms with Gasteiger partial charge in [-0.05, 0) is 6.26 Å². The molecule has 0 fully saturated rings. The molecular weight excluding hydrogens is 314 g/mol. The highest BCUT2D eigenvalue weighted by atomic mass is 32.2. The van der Waals surface area contributed by atoms with Gasteiger partial charge in [-0.3, -0.25) is 0 Å². The molecule has 0 aliphatic carbocycles. The van der Waals surface area contributed by atoms with E-state index in [1.165, 1.54) is 6.26 Å². The lowest BCUT2D eigenvalue weighted by Gasteiger charge is -2.23. The number of rotatable bonds is 4. The van der Waals surface area contributed by atoms with Crippen molar-refractivity contribution in [3.8, 4) is 5.88 Å². The molecule has 0 saturated heterocycles. The predicted octanol–water partition coefficient (Wildman–Crippen LogP) is 2.36. The Hall–Kier alpha value is -1.43. The molecule has 0 aliphatic heterocycles. The van der Waals surface area contributed by atoms with Crippen molar-refractivity contribution >= 4 is 17.6 Å². The Kier molecular flexibility index (Phi) is 4.91. The van der Waals surface area contributed by atoms with Crippen molar-refractivity contribution in [2.75, 3.05) is 11.7 Å². The first-order valence-corrected chi connectivity index (χ1v) is 6.00. The molecule has 1 aromatic heterocycles. The smallest absolute Gasteiger partial charge is 0.434 e. The first kappa shape index (κ1) is 16.6. The van der Waals surface area contributed by atoms with E-state index in [0.29, 0.717) is 0 Å². The molecule has 0 spiro atoms. The van der Waals surface area contributed by atoms with Gasteiger partial charge < -0.3 is 10.2 Å². The minimum absolute atomic E-state index is 0.0986. The summed E-state index contributed by atoms with van der Waals surface area (Å²) in [6.45, 7) is 0. The van der Waals surface area contributed by atoms with Gasteiger partial charge in [-0.1, -0.05) is 11.8 Å². The van der Waals surface area contributed by atoms with E-state index < -0.39 is 24.3 Å². The standard InChI is InChI=1S/C8H8F6N4OS/c1-20-6-16-3(18-15)2-4(17-6)19-5(7(9,10)11)8(12,13)14/h2,5H,15H2,1H3,(H,16,17,18). The fraction of sp³-hybridized carbons (Fsp3) is 0.500. The van der Waals surface area contributed by atoms with E-state index >= 15 is 0 Å². The van der Waals surface area contributed by atoms with Gasteiger partial charge in [-0.15, -0.1) is 0 Å². The highest BCUT2D eigenvalue weighted by Crippen LogP contribution is 2.36. The van der Waals surface area contributed by atoms with E-state index in [1.807, 2.05) is 5.43 Å². The Balaban J connectivity index is 3.11. The number of hydrogen-bond acceptors (Lipinski definition) is 6. The SMILES string of the molecule is CSc1nc(NN)cc(OC(C(F)(F)F)C(F)(F)F)n1. The van der Waals surface area contributed by atoms with E-state index in [4.69, 9.17) is 5.84 Å². The van der Waals surface area contributed by atoms with Crippen LogP contribution in [0.4, 0.5) is 32.2 Å². The molecule has 0 atom stereocenters. The van der Waals surface area contributed by atoms with Crippen molar-refractivity contribution in [1.82, 2.24) is 9.97 Å². The Bertz CT molecular complexity index is 429. The number of anilines is 1. The van der Waals surface area contributed by atoms with Crippen molar-refractivity contribution in [1.29, 1.82) is 0 Å². The summed E-state index contributed by atoms with van der Waals surface area (Å²) in [5.41, 5.74) is 1.99. The van der Waals surface area contributed by atoms with Crippen LogP contribution in [0.15, 0.2) is 11.2 Å². The Morgan fingerprint density at radius 2 is 1.75 bits per heavy atom. The molecule has 1 rings (SSSR count). The fourth-order valence-corrected chi connectivity index (χ4v) is 1.44.